The minimum absolute atomic E-state index is 0.180. The van der Waals surface area contributed by atoms with Crippen LogP contribution in [0.3, 0.4) is 0 Å². The topological polar surface area (TPSA) is 55.1 Å². The number of hydrogen-bond acceptors (Lipinski definition) is 2. The molecule has 0 rings (SSSR count). The second-order valence-electron chi connectivity index (χ2n) is 6.12. The second kappa shape index (κ2) is 18.2. The molecular formula is C19H38N2O. The largest absolute Gasteiger partial charge is 0.356 e. The molecule has 3 N–H and O–H groups in total. The molecule has 3 nitrogen and oxygen atoms in total. The first-order chi connectivity index (χ1) is 10.8. The molecule has 0 bridgehead atoms. The maximum Gasteiger partial charge on any atom is 0.219 e. The van der Waals surface area contributed by atoms with Crippen LogP contribution >= 0.6 is 0 Å². The maximum absolute atomic E-state index is 11.5. The average molecular weight is 311 g/mol. The summed E-state index contributed by atoms with van der Waals surface area (Å²) in [5, 5.41) is 2.90. The molecule has 0 aromatic heterocycles. The lowest BCUT2D eigenvalue weighted by Crippen LogP contribution is -2.25. The number of unbranched alkanes of at least 4 members (excludes halogenated alkanes) is 9. The van der Waals surface area contributed by atoms with Gasteiger partial charge in [-0.1, -0.05) is 57.6 Å². The van der Waals surface area contributed by atoms with Gasteiger partial charge in [-0.2, -0.15) is 0 Å². The molecule has 0 aliphatic rings. The van der Waals surface area contributed by atoms with Crippen LogP contribution in [0.2, 0.25) is 0 Å². The summed E-state index contributed by atoms with van der Waals surface area (Å²) in [7, 11) is 0. The summed E-state index contributed by atoms with van der Waals surface area (Å²) in [5.41, 5.74) is 5.38. The minimum Gasteiger partial charge on any atom is -0.356 e. The third kappa shape index (κ3) is 17.2. The molecule has 1 amide bonds. The number of amides is 1. The van der Waals surface area contributed by atoms with E-state index in [9.17, 15) is 4.79 Å². The zero-order valence-electron chi connectivity index (χ0n) is 14.7. The van der Waals surface area contributed by atoms with Crippen LogP contribution in [0.1, 0.15) is 90.4 Å². The van der Waals surface area contributed by atoms with Crippen molar-refractivity contribution in [2.45, 2.75) is 90.4 Å². The van der Waals surface area contributed by atoms with Crippen LogP contribution in [-0.2, 0) is 4.79 Å². The fraction of sp³-hybridized carbons (Fsp3) is 0.842. The first-order valence-electron chi connectivity index (χ1n) is 9.43. The van der Waals surface area contributed by atoms with Gasteiger partial charge < -0.3 is 11.1 Å². The predicted molar refractivity (Wildman–Crippen MR) is 96.9 cm³/mol. The highest BCUT2D eigenvalue weighted by molar-refractivity contribution is 5.75. The van der Waals surface area contributed by atoms with Crippen LogP contribution in [0.5, 0.6) is 0 Å². The Morgan fingerprint density at radius 3 is 2.09 bits per heavy atom. The van der Waals surface area contributed by atoms with Gasteiger partial charge in [0.2, 0.25) is 5.91 Å². The molecule has 130 valence electrons. The Hall–Kier alpha value is -0.830. The van der Waals surface area contributed by atoms with Crippen LogP contribution in [-0.4, -0.2) is 19.0 Å². The van der Waals surface area contributed by atoms with Crippen LogP contribution in [0.15, 0.2) is 12.2 Å². The Labute approximate surface area is 138 Å². The van der Waals surface area contributed by atoms with Crippen LogP contribution in [0, 0.1) is 0 Å². The van der Waals surface area contributed by atoms with Gasteiger partial charge in [-0.3, -0.25) is 4.79 Å². The van der Waals surface area contributed by atoms with E-state index in [0.717, 1.165) is 19.4 Å². The third-order valence-corrected chi connectivity index (χ3v) is 3.87. The molecule has 22 heavy (non-hydrogen) atoms. The first kappa shape index (κ1) is 21.2. The Bertz CT molecular complexity index is 264. The number of hydrogen-bond donors (Lipinski definition) is 2. The molecule has 0 spiro atoms. The lowest BCUT2D eigenvalue weighted by atomic mass is 10.1. The summed E-state index contributed by atoms with van der Waals surface area (Å²) in [6.07, 6.45) is 20.1. The van der Waals surface area contributed by atoms with Crippen LogP contribution in [0.4, 0.5) is 0 Å². The standard InChI is InChI=1S/C19H38N2O/c1-2-3-4-5-6-7-8-9-10-11-12-13-14-16-19(22)21-18-15-17-20/h7-8H,2-6,9-18,20H2,1H3,(H,21,22)/b8-7+. The molecule has 0 aliphatic heterocycles. The van der Waals surface area contributed by atoms with Gasteiger partial charge in [0.15, 0.2) is 0 Å². The number of nitrogens with two attached hydrogens (primary N) is 1. The number of carbonyl (C=O) groups is 1. The summed E-state index contributed by atoms with van der Waals surface area (Å²) >= 11 is 0. The zero-order chi connectivity index (χ0) is 16.3. The van der Waals surface area contributed by atoms with E-state index in [1.807, 2.05) is 0 Å². The maximum atomic E-state index is 11.5. The highest BCUT2D eigenvalue weighted by atomic mass is 16.1. The van der Waals surface area contributed by atoms with E-state index in [4.69, 9.17) is 5.73 Å². The first-order valence-corrected chi connectivity index (χ1v) is 9.43. The van der Waals surface area contributed by atoms with E-state index in [1.54, 1.807) is 0 Å². The minimum atomic E-state index is 0.180. The lowest BCUT2D eigenvalue weighted by molar-refractivity contribution is -0.121. The Morgan fingerprint density at radius 2 is 1.45 bits per heavy atom. The molecule has 0 aromatic carbocycles. The van der Waals surface area contributed by atoms with Crippen molar-refractivity contribution < 1.29 is 4.79 Å². The average Bonchev–Trinajstić information content (AvgIpc) is 2.52. The van der Waals surface area contributed by atoms with E-state index in [1.165, 1.54) is 64.2 Å². The van der Waals surface area contributed by atoms with Gasteiger partial charge in [0.25, 0.3) is 0 Å². The van der Waals surface area contributed by atoms with Crippen molar-refractivity contribution in [2.75, 3.05) is 13.1 Å². The predicted octanol–water partition coefficient (Wildman–Crippen LogP) is 4.71. The molecule has 0 heterocycles. The van der Waals surface area contributed by atoms with Crippen molar-refractivity contribution in [3.05, 3.63) is 12.2 Å². The fourth-order valence-electron chi connectivity index (χ4n) is 2.42. The van der Waals surface area contributed by atoms with E-state index in [2.05, 4.69) is 24.4 Å². The van der Waals surface area contributed by atoms with Gasteiger partial charge in [-0.25, -0.2) is 0 Å². The fourth-order valence-corrected chi connectivity index (χ4v) is 2.42. The summed E-state index contributed by atoms with van der Waals surface area (Å²) in [6.45, 7) is 3.62. The van der Waals surface area contributed by atoms with Crippen molar-refractivity contribution in [3.8, 4) is 0 Å². The SMILES string of the molecule is CCCCCC/C=C/CCCCCCCC(=O)NCCCN. The Kier molecular flexibility index (Phi) is 17.5. The van der Waals surface area contributed by atoms with Gasteiger partial charge in [-0.15, -0.1) is 0 Å². The smallest absolute Gasteiger partial charge is 0.219 e. The van der Waals surface area contributed by atoms with Gasteiger partial charge in [0.1, 0.15) is 0 Å². The summed E-state index contributed by atoms with van der Waals surface area (Å²) in [5.74, 6) is 0.180. The number of carbonyl (C=O) groups excluding carboxylic acids is 1. The highest BCUT2D eigenvalue weighted by Gasteiger charge is 1.99. The van der Waals surface area contributed by atoms with E-state index in [-0.39, 0.29) is 5.91 Å². The molecule has 0 radical (unpaired) electrons. The number of allylic oxidation sites excluding steroid dienone is 2. The Balaban J connectivity index is 3.16. The molecule has 3 heteroatoms. The molecule has 0 saturated heterocycles. The summed E-state index contributed by atoms with van der Waals surface area (Å²) in [4.78, 5) is 11.5. The molecule has 0 atom stereocenters. The lowest BCUT2D eigenvalue weighted by Gasteiger charge is -2.04. The van der Waals surface area contributed by atoms with E-state index in [0.29, 0.717) is 13.0 Å². The van der Waals surface area contributed by atoms with Gasteiger partial charge in [0.05, 0.1) is 0 Å². The van der Waals surface area contributed by atoms with E-state index < -0.39 is 0 Å². The quantitative estimate of drug-likeness (QED) is 0.320. The molecule has 0 aromatic rings. The van der Waals surface area contributed by atoms with Crippen molar-refractivity contribution in [1.82, 2.24) is 5.32 Å². The number of nitrogens with one attached hydrogen (secondary N) is 1. The summed E-state index contributed by atoms with van der Waals surface area (Å²) < 4.78 is 0. The summed E-state index contributed by atoms with van der Waals surface area (Å²) in [6, 6.07) is 0. The van der Waals surface area contributed by atoms with Crippen molar-refractivity contribution in [3.63, 3.8) is 0 Å². The highest BCUT2D eigenvalue weighted by Crippen LogP contribution is 2.08. The van der Waals surface area contributed by atoms with Crippen molar-refractivity contribution in [2.24, 2.45) is 5.73 Å². The zero-order valence-corrected chi connectivity index (χ0v) is 14.7. The normalized spacial score (nSPS) is 11.2. The van der Waals surface area contributed by atoms with Crippen LogP contribution in [0.25, 0.3) is 0 Å². The van der Waals surface area contributed by atoms with Gasteiger partial charge in [0, 0.05) is 13.0 Å². The molecule has 0 fully saturated rings. The van der Waals surface area contributed by atoms with Crippen LogP contribution < -0.4 is 11.1 Å². The van der Waals surface area contributed by atoms with E-state index >= 15 is 0 Å². The molecule has 0 saturated carbocycles. The third-order valence-electron chi connectivity index (χ3n) is 3.87. The number of rotatable bonds is 16. The molecule has 0 aliphatic carbocycles. The van der Waals surface area contributed by atoms with Gasteiger partial charge >= 0.3 is 0 Å². The van der Waals surface area contributed by atoms with Crippen molar-refractivity contribution >= 4 is 5.91 Å². The Morgan fingerprint density at radius 1 is 0.864 bits per heavy atom. The second-order valence-corrected chi connectivity index (χ2v) is 6.12. The molecular weight excluding hydrogens is 272 g/mol. The molecule has 0 unspecified atom stereocenters. The van der Waals surface area contributed by atoms with Gasteiger partial charge in [-0.05, 0) is 45.1 Å². The monoisotopic (exact) mass is 310 g/mol. The van der Waals surface area contributed by atoms with Crippen molar-refractivity contribution in [1.29, 1.82) is 0 Å².